The Balaban J connectivity index is 1.56. The largest absolute Gasteiger partial charge is 0.337 e. The Morgan fingerprint density at radius 1 is 1.28 bits per heavy atom. The van der Waals surface area contributed by atoms with Gasteiger partial charge in [-0.05, 0) is 48.9 Å². The van der Waals surface area contributed by atoms with Gasteiger partial charge in [0, 0.05) is 31.5 Å². The summed E-state index contributed by atoms with van der Waals surface area (Å²) in [7, 11) is 0. The van der Waals surface area contributed by atoms with Crippen LogP contribution in [0.3, 0.4) is 0 Å². The number of benzene rings is 1. The van der Waals surface area contributed by atoms with E-state index in [2.05, 4.69) is 9.97 Å². The van der Waals surface area contributed by atoms with Gasteiger partial charge in [-0.1, -0.05) is 0 Å². The Morgan fingerprint density at radius 2 is 2.04 bits per heavy atom. The normalized spacial score (nSPS) is 16.7. The molecule has 0 radical (unpaired) electrons. The lowest BCUT2D eigenvalue weighted by molar-refractivity contribution is 0.0671. The molecule has 0 unspecified atom stereocenters. The van der Waals surface area contributed by atoms with E-state index in [4.69, 9.17) is 5.73 Å². The van der Waals surface area contributed by atoms with Gasteiger partial charge < -0.3 is 10.6 Å². The molecule has 1 aliphatic heterocycles. The number of rotatable bonds is 4. The second-order valence-electron chi connectivity index (χ2n) is 6.32. The molecule has 0 aliphatic carbocycles. The second-order valence-corrected chi connectivity index (χ2v) is 6.32. The molecular formula is C18H20F2N4O. The maximum atomic E-state index is 13.8. The van der Waals surface area contributed by atoms with E-state index in [1.807, 2.05) is 0 Å². The summed E-state index contributed by atoms with van der Waals surface area (Å²) in [6, 6.07) is 3.15. The first-order valence-corrected chi connectivity index (χ1v) is 8.29. The van der Waals surface area contributed by atoms with E-state index in [-0.39, 0.29) is 24.3 Å². The third-order valence-corrected chi connectivity index (χ3v) is 4.68. The molecule has 1 aromatic heterocycles. The van der Waals surface area contributed by atoms with E-state index in [1.54, 1.807) is 4.90 Å². The van der Waals surface area contributed by atoms with Gasteiger partial charge in [0.15, 0.2) is 0 Å². The average molecular weight is 346 g/mol. The molecule has 2 N–H and O–H groups in total. The highest BCUT2D eigenvalue weighted by molar-refractivity contribution is 5.92. The van der Waals surface area contributed by atoms with Gasteiger partial charge in [0.25, 0.3) is 5.91 Å². The number of carbonyl (C=O) groups excluding carboxylic acids is 1. The highest BCUT2D eigenvalue weighted by atomic mass is 19.1. The fourth-order valence-corrected chi connectivity index (χ4v) is 3.22. The molecule has 25 heavy (non-hydrogen) atoms. The van der Waals surface area contributed by atoms with Crippen LogP contribution in [0, 0.1) is 17.6 Å². The van der Waals surface area contributed by atoms with Gasteiger partial charge in [0.1, 0.15) is 17.3 Å². The number of hydrogen-bond acceptors (Lipinski definition) is 4. The quantitative estimate of drug-likeness (QED) is 0.921. The Labute approximate surface area is 144 Å². The zero-order chi connectivity index (χ0) is 17.8. The molecule has 1 aliphatic rings. The molecule has 3 rings (SSSR count). The molecule has 1 amide bonds. The third kappa shape index (κ3) is 4.17. The van der Waals surface area contributed by atoms with Crippen molar-refractivity contribution in [3.63, 3.8) is 0 Å². The van der Waals surface area contributed by atoms with Gasteiger partial charge in [-0.2, -0.15) is 0 Å². The molecular weight excluding hydrogens is 326 g/mol. The van der Waals surface area contributed by atoms with Crippen LogP contribution < -0.4 is 5.73 Å². The molecule has 0 bridgehead atoms. The van der Waals surface area contributed by atoms with Gasteiger partial charge in [-0.15, -0.1) is 0 Å². The van der Waals surface area contributed by atoms with Gasteiger partial charge >= 0.3 is 0 Å². The van der Waals surface area contributed by atoms with Crippen molar-refractivity contribution in [3.8, 4) is 0 Å². The highest BCUT2D eigenvalue weighted by Crippen LogP contribution is 2.23. The van der Waals surface area contributed by atoms with Crippen LogP contribution in [0.25, 0.3) is 0 Å². The van der Waals surface area contributed by atoms with Crippen LogP contribution in [0.4, 0.5) is 8.78 Å². The average Bonchev–Trinajstić information content (AvgIpc) is 2.65. The van der Waals surface area contributed by atoms with E-state index in [9.17, 15) is 13.6 Å². The van der Waals surface area contributed by atoms with E-state index in [0.717, 1.165) is 25.0 Å². The van der Waals surface area contributed by atoms with Crippen LogP contribution in [-0.2, 0) is 6.42 Å². The number of piperidine rings is 1. The summed E-state index contributed by atoms with van der Waals surface area (Å²) in [5.41, 5.74) is 6.84. The number of hydrogen-bond donors (Lipinski definition) is 1. The Hall–Kier alpha value is -2.41. The number of aromatic nitrogens is 2. The maximum absolute atomic E-state index is 13.8. The van der Waals surface area contributed by atoms with Crippen LogP contribution in [0.15, 0.2) is 36.8 Å². The zero-order valence-corrected chi connectivity index (χ0v) is 13.7. The minimum absolute atomic E-state index is 0.142. The fourth-order valence-electron chi connectivity index (χ4n) is 3.22. The smallest absolute Gasteiger partial charge is 0.274 e. The van der Waals surface area contributed by atoms with Gasteiger partial charge in [0.05, 0.1) is 6.20 Å². The van der Waals surface area contributed by atoms with Gasteiger partial charge in [-0.3, -0.25) is 9.78 Å². The molecule has 0 spiro atoms. The SMILES string of the molecule is N[C@H](Cc1cc(F)ccc1F)C1CCN(C(=O)c2cnccn2)CC1. The topological polar surface area (TPSA) is 72.1 Å². The Morgan fingerprint density at radius 3 is 2.72 bits per heavy atom. The van der Waals surface area contributed by atoms with E-state index < -0.39 is 11.6 Å². The van der Waals surface area contributed by atoms with E-state index >= 15 is 0 Å². The summed E-state index contributed by atoms with van der Waals surface area (Å²) in [6.07, 6.45) is 6.20. The molecule has 5 nitrogen and oxygen atoms in total. The van der Waals surface area contributed by atoms with Crippen molar-refractivity contribution in [2.75, 3.05) is 13.1 Å². The predicted molar refractivity (Wildman–Crippen MR) is 88.7 cm³/mol. The van der Waals surface area contributed by atoms with Crippen molar-refractivity contribution >= 4 is 5.91 Å². The lowest BCUT2D eigenvalue weighted by atomic mass is 9.86. The van der Waals surface area contributed by atoms with Crippen LogP contribution in [0.2, 0.25) is 0 Å². The molecule has 2 heterocycles. The van der Waals surface area contributed by atoms with Crippen LogP contribution in [0.1, 0.15) is 28.9 Å². The summed E-state index contributed by atoms with van der Waals surface area (Å²) in [5.74, 6) is -0.884. The summed E-state index contributed by atoms with van der Waals surface area (Å²) >= 11 is 0. The molecule has 2 aromatic rings. The molecule has 1 atom stereocenters. The second kappa shape index (κ2) is 7.65. The standard InChI is InChI=1S/C18H20F2N4O/c19-14-1-2-15(20)13(9-14)10-16(21)12-3-7-24(8-4-12)18(25)17-11-22-5-6-23-17/h1-2,5-6,9,11-12,16H,3-4,7-8,10,21H2/t16-/m1/s1. The summed E-state index contributed by atoms with van der Waals surface area (Å²) in [4.78, 5) is 22.0. The minimum atomic E-state index is -0.465. The first-order chi connectivity index (χ1) is 12.0. The minimum Gasteiger partial charge on any atom is -0.337 e. The van der Waals surface area contributed by atoms with Crippen molar-refractivity contribution < 1.29 is 13.6 Å². The monoisotopic (exact) mass is 346 g/mol. The molecule has 1 aromatic carbocycles. The van der Waals surface area contributed by atoms with Gasteiger partial charge in [0.2, 0.25) is 0 Å². The van der Waals surface area contributed by atoms with E-state index in [1.165, 1.54) is 24.7 Å². The van der Waals surface area contributed by atoms with Crippen LogP contribution >= 0.6 is 0 Å². The number of nitrogens with two attached hydrogens (primary N) is 1. The number of nitrogens with zero attached hydrogens (tertiary/aromatic N) is 3. The molecule has 1 saturated heterocycles. The predicted octanol–water partition coefficient (Wildman–Crippen LogP) is 2.18. The number of likely N-dealkylation sites (tertiary alicyclic amines) is 1. The lowest BCUT2D eigenvalue weighted by Crippen LogP contribution is -2.44. The summed E-state index contributed by atoms with van der Waals surface area (Å²) in [5, 5.41) is 0. The van der Waals surface area contributed by atoms with Crippen molar-refractivity contribution in [2.45, 2.75) is 25.3 Å². The van der Waals surface area contributed by atoms with Crippen molar-refractivity contribution in [3.05, 3.63) is 59.7 Å². The third-order valence-electron chi connectivity index (χ3n) is 4.68. The summed E-state index contributed by atoms with van der Waals surface area (Å²) < 4.78 is 27.0. The fraction of sp³-hybridized carbons (Fsp3) is 0.389. The lowest BCUT2D eigenvalue weighted by Gasteiger charge is -2.34. The first-order valence-electron chi connectivity index (χ1n) is 8.29. The maximum Gasteiger partial charge on any atom is 0.274 e. The van der Waals surface area contributed by atoms with Gasteiger partial charge in [-0.25, -0.2) is 13.8 Å². The number of carbonyl (C=O) groups is 1. The number of halogens is 2. The van der Waals surface area contributed by atoms with Crippen LogP contribution in [0.5, 0.6) is 0 Å². The van der Waals surface area contributed by atoms with Crippen molar-refractivity contribution in [1.29, 1.82) is 0 Å². The molecule has 132 valence electrons. The van der Waals surface area contributed by atoms with Crippen molar-refractivity contribution in [2.24, 2.45) is 11.7 Å². The molecule has 0 saturated carbocycles. The van der Waals surface area contributed by atoms with E-state index in [0.29, 0.717) is 24.3 Å². The zero-order valence-electron chi connectivity index (χ0n) is 13.7. The summed E-state index contributed by atoms with van der Waals surface area (Å²) in [6.45, 7) is 1.14. The highest BCUT2D eigenvalue weighted by Gasteiger charge is 2.28. The Kier molecular flexibility index (Phi) is 5.33. The van der Waals surface area contributed by atoms with Crippen molar-refractivity contribution in [1.82, 2.24) is 14.9 Å². The molecule has 1 fully saturated rings. The molecule has 7 heteroatoms. The first kappa shape index (κ1) is 17.4. The Bertz CT molecular complexity index is 733. The number of amides is 1. The van der Waals surface area contributed by atoms with Crippen LogP contribution in [-0.4, -0.2) is 39.9 Å².